The molecule has 2 aliphatic carbocycles. The van der Waals surface area contributed by atoms with Crippen molar-refractivity contribution in [2.75, 3.05) is 32.2 Å². The van der Waals surface area contributed by atoms with Gasteiger partial charge in [-0.1, -0.05) is 79.5 Å². The summed E-state index contributed by atoms with van der Waals surface area (Å²) in [6, 6.07) is 24.8. The van der Waals surface area contributed by atoms with E-state index in [9.17, 15) is 10.2 Å². The predicted octanol–water partition coefficient (Wildman–Crippen LogP) is 9.55. The first-order valence-electron chi connectivity index (χ1n) is 18.7. The van der Waals surface area contributed by atoms with Gasteiger partial charge in [0.15, 0.2) is 0 Å². The van der Waals surface area contributed by atoms with Crippen LogP contribution < -0.4 is 9.47 Å². The zero-order chi connectivity index (χ0) is 35.6. The molecule has 0 amide bonds. The summed E-state index contributed by atoms with van der Waals surface area (Å²) in [5, 5.41) is 24.3. The van der Waals surface area contributed by atoms with Crippen LogP contribution in [0.15, 0.2) is 102 Å². The summed E-state index contributed by atoms with van der Waals surface area (Å²) in [6.07, 6.45) is 10.2. The number of hydrogen-bond donors (Lipinski definition) is 2. The van der Waals surface area contributed by atoms with Crippen LogP contribution >= 0.6 is 11.8 Å². The number of ether oxygens (including phenoxy) is 3. The Hall–Kier alpha value is -3.56. The minimum absolute atomic E-state index is 0.0254. The summed E-state index contributed by atoms with van der Waals surface area (Å²) in [5.74, 6) is 2.69. The summed E-state index contributed by atoms with van der Waals surface area (Å²) in [7, 11) is 0. The van der Waals surface area contributed by atoms with E-state index in [1.807, 2.05) is 61.2 Å². The fraction of sp³-hybridized carbons (Fsp3) is 0.465. The second kappa shape index (κ2) is 17.8. The second-order valence-electron chi connectivity index (χ2n) is 13.6. The van der Waals surface area contributed by atoms with E-state index in [-0.39, 0.29) is 42.1 Å². The average Bonchev–Trinajstić information content (AvgIpc) is 3.16. The molecule has 3 aliphatic rings. The first-order valence-corrected chi connectivity index (χ1v) is 19.8. The van der Waals surface area contributed by atoms with Gasteiger partial charge in [0, 0.05) is 31.1 Å². The fourth-order valence-corrected chi connectivity index (χ4v) is 9.54. The third-order valence-corrected chi connectivity index (χ3v) is 11.7. The van der Waals surface area contributed by atoms with Crippen LogP contribution in [0.25, 0.3) is 11.1 Å². The highest BCUT2D eigenvalue weighted by Crippen LogP contribution is 2.62. The van der Waals surface area contributed by atoms with Crippen molar-refractivity contribution in [3.63, 3.8) is 0 Å². The zero-order valence-corrected chi connectivity index (χ0v) is 30.9. The van der Waals surface area contributed by atoms with Gasteiger partial charge in [-0.05, 0) is 97.2 Å². The molecule has 0 aromatic heterocycles. The SMILES string of the molecule is C=CCO[C@@]12Oc3ccc(Oc4ccc(-c5ccccc5)cc4)cc3[C@H]3[C@H](CCCCO)[C@@H](CCCCO)C=C(C(=NOCC)C[C@@H]1SCC)[C@H]32. The number of allylic oxidation sites excluding steroid dienone is 1. The predicted molar refractivity (Wildman–Crippen MR) is 207 cm³/mol. The van der Waals surface area contributed by atoms with Crippen molar-refractivity contribution in [2.45, 2.75) is 75.7 Å². The van der Waals surface area contributed by atoms with Gasteiger partial charge < -0.3 is 29.3 Å². The Morgan fingerprint density at radius 2 is 1.65 bits per heavy atom. The molecule has 272 valence electrons. The summed E-state index contributed by atoms with van der Waals surface area (Å²) in [6.45, 7) is 9.35. The fourth-order valence-electron chi connectivity index (χ4n) is 8.37. The van der Waals surface area contributed by atoms with Crippen LogP contribution in [0.4, 0.5) is 0 Å². The molecule has 0 spiro atoms. The molecule has 3 aromatic rings. The third kappa shape index (κ3) is 8.10. The molecule has 7 nitrogen and oxygen atoms in total. The van der Waals surface area contributed by atoms with Crippen molar-refractivity contribution in [1.29, 1.82) is 0 Å². The maximum absolute atomic E-state index is 9.83. The smallest absolute Gasteiger partial charge is 0.230 e. The number of aliphatic hydroxyl groups is 2. The summed E-state index contributed by atoms with van der Waals surface area (Å²) in [4.78, 5) is 5.78. The molecule has 51 heavy (non-hydrogen) atoms. The van der Waals surface area contributed by atoms with E-state index >= 15 is 0 Å². The molecule has 1 fully saturated rings. The lowest BCUT2D eigenvalue weighted by Gasteiger charge is -2.58. The van der Waals surface area contributed by atoms with Gasteiger partial charge in [-0.2, -0.15) is 11.8 Å². The second-order valence-corrected chi connectivity index (χ2v) is 15.1. The van der Waals surface area contributed by atoms with Crippen molar-refractivity contribution in [3.8, 4) is 28.4 Å². The lowest BCUT2D eigenvalue weighted by Crippen LogP contribution is -2.64. The standard InChI is InChI=1S/C43H53NO6S/c1-4-26-47-43-40(51-6-3)29-38(44-48-5-2)36-27-32(16-10-12-24-45)35(17-11-13-25-46)41(42(36)43)37-28-34(22-23-39(37)50-43)49-33-20-18-31(19-21-33)30-14-8-7-9-15-30/h4,7-9,14-15,18-23,27-28,32,35,40-42,45-46H,1,5-6,10-13,16-17,24-26,29H2,2-3H3/t32-,35+,40-,41+,42+,43+/m0/s1. The zero-order valence-electron chi connectivity index (χ0n) is 30.0. The number of hydrogen-bond acceptors (Lipinski definition) is 8. The monoisotopic (exact) mass is 711 g/mol. The van der Waals surface area contributed by atoms with Crippen molar-refractivity contribution in [1.82, 2.24) is 0 Å². The van der Waals surface area contributed by atoms with Crippen molar-refractivity contribution >= 4 is 17.5 Å². The Balaban J connectivity index is 1.47. The molecule has 3 aromatic carbocycles. The molecule has 0 bridgehead atoms. The first-order chi connectivity index (χ1) is 25.1. The minimum Gasteiger partial charge on any atom is -0.460 e. The van der Waals surface area contributed by atoms with E-state index in [0.717, 1.165) is 83.9 Å². The quantitative estimate of drug-likeness (QED) is 0.0772. The van der Waals surface area contributed by atoms with Gasteiger partial charge >= 0.3 is 0 Å². The number of rotatable bonds is 18. The minimum atomic E-state index is -0.940. The maximum atomic E-state index is 9.83. The van der Waals surface area contributed by atoms with E-state index in [4.69, 9.17) is 24.2 Å². The summed E-state index contributed by atoms with van der Waals surface area (Å²) < 4.78 is 20.7. The Morgan fingerprint density at radius 1 is 0.922 bits per heavy atom. The van der Waals surface area contributed by atoms with Crippen LogP contribution in [0.2, 0.25) is 0 Å². The highest BCUT2D eigenvalue weighted by atomic mass is 32.2. The van der Waals surface area contributed by atoms with Gasteiger partial charge in [0.1, 0.15) is 23.9 Å². The highest BCUT2D eigenvalue weighted by Gasteiger charge is 2.63. The lowest BCUT2D eigenvalue weighted by molar-refractivity contribution is -0.223. The summed E-state index contributed by atoms with van der Waals surface area (Å²) in [5.41, 5.74) is 5.53. The van der Waals surface area contributed by atoms with Crippen molar-refractivity contribution in [3.05, 3.63) is 103 Å². The molecule has 8 heteroatoms. The molecule has 2 N–H and O–H groups in total. The first kappa shape index (κ1) is 37.2. The van der Waals surface area contributed by atoms with Crippen molar-refractivity contribution < 1.29 is 29.3 Å². The van der Waals surface area contributed by atoms with Crippen LogP contribution in [0.3, 0.4) is 0 Å². The van der Waals surface area contributed by atoms with E-state index in [2.05, 4.69) is 56.0 Å². The van der Waals surface area contributed by atoms with Gasteiger partial charge in [-0.15, -0.1) is 6.58 Å². The normalized spacial score (nSPS) is 25.7. The Kier molecular flexibility index (Phi) is 13.0. The van der Waals surface area contributed by atoms with Gasteiger partial charge in [-0.25, -0.2) is 0 Å². The number of oxime groups is 1. The number of unbranched alkanes of at least 4 members (excludes halogenated alkanes) is 2. The van der Waals surface area contributed by atoms with E-state index in [0.29, 0.717) is 19.6 Å². The number of nitrogens with zero attached hydrogens (tertiary/aromatic N) is 1. The maximum Gasteiger partial charge on any atom is 0.230 e. The molecule has 0 unspecified atom stereocenters. The van der Waals surface area contributed by atoms with E-state index in [1.54, 1.807) is 0 Å². The van der Waals surface area contributed by atoms with Crippen LogP contribution in [-0.2, 0) is 9.57 Å². The van der Waals surface area contributed by atoms with Gasteiger partial charge in [0.25, 0.3) is 0 Å². The molecule has 1 saturated carbocycles. The van der Waals surface area contributed by atoms with Gasteiger partial charge in [-0.3, -0.25) is 0 Å². The third-order valence-electron chi connectivity index (χ3n) is 10.5. The largest absolute Gasteiger partial charge is 0.460 e. The van der Waals surface area contributed by atoms with Gasteiger partial charge in [0.05, 0.1) is 23.5 Å². The number of fused-ring (bicyclic) bond motifs is 2. The van der Waals surface area contributed by atoms with Crippen LogP contribution in [-0.4, -0.2) is 59.1 Å². The van der Waals surface area contributed by atoms with Crippen LogP contribution in [0.1, 0.15) is 70.3 Å². The number of aliphatic hydroxyl groups excluding tert-OH is 2. The molecule has 0 saturated heterocycles. The molecule has 1 aliphatic heterocycles. The Morgan fingerprint density at radius 3 is 2.35 bits per heavy atom. The molecule has 6 atom stereocenters. The average molecular weight is 712 g/mol. The Labute approximate surface area is 307 Å². The lowest BCUT2D eigenvalue weighted by atomic mass is 9.56. The Bertz CT molecular complexity index is 1640. The van der Waals surface area contributed by atoms with E-state index in [1.165, 1.54) is 5.56 Å². The number of thioether (sulfide) groups is 1. The van der Waals surface area contributed by atoms with Crippen LogP contribution in [0.5, 0.6) is 17.2 Å². The van der Waals surface area contributed by atoms with E-state index < -0.39 is 5.79 Å². The molecular weight excluding hydrogens is 659 g/mol. The molecule has 0 radical (unpaired) electrons. The van der Waals surface area contributed by atoms with Crippen LogP contribution in [0, 0.1) is 17.8 Å². The molecule has 1 heterocycles. The van der Waals surface area contributed by atoms with Gasteiger partial charge in [0.2, 0.25) is 5.79 Å². The highest BCUT2D eigenvalue weighted by molar-refractivity contribution is 8.00. The molecule has 6 rings (SSSR count). The topological polar surface area (TPSA) is 89.7 Å². The molecular formula is C43H53NO6S. The number of benzene rings is 3. The summed E-state index contributed by atoms with van der Waals surface area (Å²) >= 11 is 1.85. The van der Waals surface area contributed by atoms with Crippen molar-refractivity contribution in [2.24, 2.45) is 22.9 Å².